The first-order valence-electron chi connectivity index (χ1n) is 7.92. The van der Waals surface area contributed by atoms with Gasteiger partial charge in [0, 0.05) is 12.7 Å². The van der Waals surface area contributed by atoms with Crippen LogP contribution in [0.15, 0.2) is 12.3 Å². The van der Waals surface area contributed by atoms with Crippen molar-refractivity contribution in [1.82, 2.24) is 14.7 Å². The summed E-state index contributed by atoms with van der Waals surface area (Å²) in [7, 11) is 0. The Kier molecular flexibility index (Phi) is 6.40. The highest BCUT2D eigenvalue weighted by Gasteiger charge is 2.41. The van der Waals surface area contributed by atoms with E-state index < -0.39 is 5.54 Å². The Morgan fingerprint density at radius 3 is 2.25 bits per heavy atom. The zero-order valence-corrected chi connectivity index (χ0v) is 13.6. The Morgan fingerprint density at radius 1 is 1.20 bits per heavy atom. The van der Waals surface area contributed by atoms with Crippen molar-refractivity contribution in [3.05, 3.63) is 18.0 Å². The van der Waals surface area contributed by atoms with Crippen LogP contribution in [0.1, 0.15) is 64.4 Å². The maximum atomic E-state index is 13.1. The number of carbonyl (C=O) groups excluding carboxylic acids is 1. The lowest BCUT2D eigenvalue weighted by atomic mass is 9.84. The number of aryl methyl sites for hydroxylation is 1. The van der Waals surface area contributed by atoms with Gasteiger partial charge in [0.15, 0.2) is 0 Å². The van der Waals surface area contributed by atoms with Crippen molar-refractivity contribution in [3.63, 3.8) is 0 Å². The van der Waals surface area contributed by atoms with Crippen molar-refractivity contribution in [2.24, 2.45) is 0 Å². The van der Waals surface area contributed by atoms with Gasteiger partial charge < -0.3 is 0 Å². The number of ketones is 1. The Bertz CT molecular complexity index is 417. The van der Waals surface area contributed by atoms with Gasteiger partial charge >= 0.3 is 0 Å². The second-order valence-corrected chi connectivity index (χ2v) is 5.18. The van der Waals surface area contributed by atoms with Crippen molar-refractivity contribution in [2.75, 3.05) is 13.1 Å². The Labute approximate surface area is 123 Å². The van der Waals surface area contributed by atoms with E-state index in [1.807, 2.05) is 10.7 Å². The highest BCUT2D eigenvalue weighted by molar-refractivity contribution is 6.01. The van der Waals surface area contributed by atoms with Gasteiger partial charge in [0.25, 0.3) is 0 Å². The molecule has 0 aliphatic carbocycles. The molecule has 20 heavy (non-hydrogen) atoms. The summed E-state index contributed by atoms with van der Waals surface area (Å²) in [6.45, 7) is 13.2. The smallest absolute Gasteiger partial charge is 0.200 e. The molecule has 0 fully saturated rings. The van der Waals surface area contributed by atoms with Gasteiger partial charge in [-0.3, -0.25) is 14.4 Å². The molecule has 0 spiro atoms. The first-order valence-corrected chi connectivity index (χ1v) is 7.92. The lowest BCUT2D eigenvalue weighted by Crippen LogP contribution is -2.54. The van der Waals surface area contributed by atoms with Crippen LogP contribution in [-0.2, 0) is 6.54 Å². The van der Waals surface area contributed by atoms with Gasteiger partial charge in [0.1, 0.15) is 5.69 Å². The summed E-state index contributed by atoms with van der Waals surface area (Å²) in [5.41, 5.74) is 0.358. The topological polar surface area (TPSA) is 38.1 Å². The van der Waals surface area contributed by atoms with Gasteiger partial charge in [0.2, 0.25) is 5.78 Å². The highest BCUT2D eigenvalue weighted by Crippen LogP contribution is 2.28. The maximum Gasteiger partial charge on any atom is 0.200 e. The molecule has 0 aliphatic rings. The number of carbonyl (C=O) groups is 1. The second kappa shape index (κ2) is 7.58. The number of aromatic nitrogens is 2. The van der Waals surface area contributed by atoms with Crippen LogP contribution in [0.4, 0.5) is 0 Å². The lowest BCUT2D eigenvalue weighted by Gasteiger charge is -2.40. The first kappa shape index (κ1) is 16.9. The molecule has 114 valence electrons. The number of Topliss-reactive ketones (excluding diaryl/α,β-unsaturated/α-hetero) is 1. The van der Waals surface area contributed by atoms with Crippen LogP contribution in [0, 0.1) is 0 Å². The molecule has 0 N–H and O–H groups in total. The molecule has 1 aromatic heterocycles. The van der Waals surface area contributed by atoms with Gasteiger partial charge in [-0.15, -0.1) is 0 Å². The fourth-order valence-corrected chi connectivity index (χ4v) is 3.14. The minimum Gasteiger partial charge on any atom is -0.291 e. The molecular formula is C16H29N3O. The fraction of sp³-hybridized carbons (Fsp3) is 0.750. The summed E-state index contributed by atoms with van der Waals surface area (Å²) in [5, 5.41) is 4.30. The van der Waals surface area contributed by atoms with Crippen LogP contribution in [0.25, 0.3) is 0 Å². The fourth-order valence-electron chi connectivity index (χ4n) is 3.14. The monoisotopic (exact) mass is 279 g/mol. The highest BCUT2D eigenvalue weighted by atomic mass is 16.1. The van der Waals surface area contributed by atoms with E-state index in [9.17, 15) is 4.79 Å². The van der Waals surface area contributed by atoms with E-state index in [2.05, 4.69) is 44.6 Å². The molecule has 0 aromatic carbocycles. The predicted octanol–water partition coefficient (Wildman–Crippen LogP) is 3.38. The van der Waals surface area contributed by atoms with E-state index in [-0.39, 0.29) is 5.78 Å². The molecule has 0 saturated heterocycles. The Hall–Kier alpha value is -1.16. The van der Waals surface area contributed by atoms with Gasteiger partial charge in [-0.05, 0) is 38.4 Å². The van der Waals surface area contributed by atoms with Gasteiger partial charge in [0.05, 0.1) is 5.54 Å². The number of nitrogens with zero attached hydrogens (tertiary/aromatic N) is 3. The number of hydrogen-bond donors (Lipinski definition) is 0. The van der Waals surface area contributed by atoms with E-state index in [1.165, 1.54) is 0 Å². The van der Waals surface area contributed by atoms with Crippen LogP contribution in [0.2, 0.25) is 0 Å². The second-order valence-electron chi connectivity index (χ2n) is 5.18. The third kappa shape index (κ3) is 2.95. The molecular weight excluding hydrogens is 250 g/mol. The third-order valence-corrected chi connectivity index (χ3v) is 4.35. The molecule has 0 amide bonds. The molecule has 4 nitrogen and oxygen atoms in total. The summed E-state index contributed by atoms with van der Waals surface area (Å²) >= 11 is 0. The summed E-state index contributed by atoms with van der Waals surface area (Å²) in [5.74, 6) is 0.220. The van der Waals surface area contributed by atoms with Crippen molar-refractivity contribution >= 4 is 5.78 Å². The van der Waals surface area contributed by atoms with Crippen LogP contribution >= 0.6 is 0 Å². The van der Waals surface area contributed by atoms with E-state index in [4.69, 9.17) is 0 Å². The standard InChI is InChI=1S/C16H29N3O/c1-6-13-19-14(11-12-17-19)15(20)16(7-2,8-3)18(9-4)10-5/h11-12H,6-10,13H2,1-5H3. The van der Waals surface area contributed by atoms with Crippen molar-refractivity contribution < 1.29 is 4.79 Å². The zero-order valence-electron chi connectivity index (χ0n) is 13.6. The quantitative estimate of drug-likeness (QED) is 0.650. The summed E-state index contributed by atoms with van der Waals surface area (Å²) < 4.78 is 1.85. The number of likely N-dealkylation sites (N-methyl/N-ethyl adjacent to an activating group) is 1. The van der Waals surface area contributed by atoms with E-state index >= 15 is 0 Å². The molecule has 1 heterocycles. The van der Waals surface area contributed by atoms with Crippen molar-refractivity contribution in [2.45, 2.75) is 66.0 Å². The number of hydrogen-bond acceptors (Lipinski definition) is 3. The van der Waals surface area contributed by atoms with Crippen molar-refractivity contribution in [1.29, 1.82) is 0 Å². The molecule has 0 radical (unpaired) electrons. The average molecular weight is 279 g/mol. The lowest BCUT2D eigenvalue weighted by molar-refractivity contribution is 0.0523. The molecule has 4 heteroatoms. The zero-order chi connectivity index (χ0) is 15.2. The maximum absolute atomic E-state index is 13.1. The molecule has 0 bridgehead atoms. The van der Waals surface area contributed by atoms with E-state index in [1.54, 1.807) is 6.20 Å². The molecule has 0 saturated carbocycles. The summed E-state index contributed by atoms with van der Waals surface area (Å²) in [4.78, 5) is 15.4. The van der Waals surface area contributed by atoms with Crippen LogP contribution in [0.3, 0.4) is 0 Å². The molecule has 1 rings (SSSR count). The largest absolute Gasteiger partial charge is 0.291 e. The van der Waals surface area contributed by atoms with E-state index in [0.717, 1.165) is 44.6 Å². The van der Waals surface area contributed by atoms with Crippen LogP contribution in [0.5, 0.6) is 0 Å². The normalized spacial score (nSPS) is 12.1. The van der Waals surface area contributed by atoms with Crippen LogP contribution in [-0.4, -0.2) is 39.1 Å². The molecule has 0 atom stereocenters. The van der Waals surface area contributed by atoms with E-state index in [0.29, 0.717) is 0 Å². The average Bonchev–Trinajstić information content (AvgIpc) is 2.92. The molecule has 1 aromatic rings. The molecule has 0 aliphatic heterocycles. The van der Waals surface area contributed by atoms with Crippen LogP contribution < -0.4 is 0 Å². The number of rotatable bonds is 9. The summed E-state index contributed by atoms with van der Waals surface area (Å²) in [6, 6.07) is 1.86. The third-order valence-electron chi connectivity index (χ3n) is 4.35. The van der Waals surface area contributed by atoms with Gasteiger partial charge in [-0.2, -0.15) is 5.10 Å². The minimum absolute atomic E-state index is 0.220. The van der Waals surface area contributed by atoms with Gasteiger partial charge in [-0.1, -0.05) is 34.6 Å². The predicted molar refractivity (Wildman–Crippen MR) is 83.1 cm³/mol. The SMILES string of the molecule is CCCn1nccc1C(=O)C(CC)(CC)N(CC)CC. The van der Waals surface area contributed by atoms with Crippen molar-refractivity contribution in [3.8, 4) is 0 Å². The first-order chi connectivity index (χ1) is 9.61. The Balaban J connectivity index is 3.20. The minimum atomic E-state index is -0.394. The Morgan fingerprint density at radius 2 is 1.80 bits per heavy atom. The van der Waals surface area contributed by atoms with Gasteiger partial charge in [-0.25, -0.2) is 0 Å². The molecule has 0 unspecified atom stereocenters. The summed E-state index contributed by atoms with van der Waals surface area (Å²) in [6.07, 6.45) is 4.39.